The molecule has 0 fully saturated rings. The first-order valence-electron chi connectivity index (χ1n) is 5.62. The minimum absolute atomic E-state index is 0.541. The largest absolute Gasteiger partial charge is 0.491 e. The average molecular weight is 240 g/mol. The van der Waals surface area contributed by atoms with Gasteiger partial charge in [-0.1, -0.05) is 6.07 Å². The molecule has 4 heteroatoms. The van der Waals surface area contributed by atoms with E-state index in [1.54, 1.807) is 14.2 Å². The second-order valence-corrected chi connectivity index (χ2v) is 3.56. The van der Waals surface area contributed by atoms with Crippen LogP contribution in [0.4, 0.5) is 0 Å². The molecule has 4 nitrogen and oxygen atoms in total. The topological polar surface area (TPSA) is 36.9 Å². The highest BCUT2D eigenvalue weighted by Gasteiger charge is 2.05. The van der Waals surface area contributed by atoms with Gasteiger partial charge in [-0.25, -0.2) is 0 Å². The maximum absolute atomic E-state index is 5.59. The summed E-state index contributed by atoms with van der Waals surface area (Å²) in [6.07, 6.45) is 0. The van der Waals surface area contributed by atoms with Gasteiger partial charge in [-0.15, -0.1) is 0 Å². The summed E-state index contributed by atoms with van der Waals surface area (Å²) in [5.74, 6) is 1.66. The highest BCUT2D eigenvalue weighted by atomic mass is 16.5. The van der Waals surface area contributed by atoms with Crippen molar-refractivity contribution in [2.24, 2.45) is 0 Å². The molecule has 0 aliphatic rings. The molecule has 1 aromatic carbocycles. The number of rotatable bonds is 8. The van der Waals surface area contributed by atoms with Crippen LogP contribution in [0.25, 0.3) is 0 Å². The molecule has 0 aliphatic carbocycles. The summed E-state index contributed by atoms with van der Waals surface area (Å²) in [4.78, 5) is 0. The first kappa shape index (κ1) is 13.8. The fourth-order valence-corrected chi connectivity index (χ4v) is 1.38. The Bertz CT molecular complexity index is 297. The molecule has 0 radical (unpaired) electrons. The van der Waals surface area contributed by atoms with E-state index >= 15 is 0 Å². The van der Waals surface area contributed by atoms with Gasteiger partial charge in [0.15, 0.2) is 0 Å². The lowest BCUT2D eigenvalue weighted by Crippen LogP contribution is -2.07. The van der Waals surface area contributed by atoms with E-state index in [1.807, 2.05) is 25.1 Å². The number of benzene rings is 1. The zero-order chi connectivity index (χ0) is 12.5. The molecule has 0 amide bonds. The van der Waals surface area contributed by atoms with E-state index in [0.717, 1.165) is 17.1 Å². The molecule has 0 spiro atoms. The lowest BCUT2D eigenvalue weighted by molar-refractivity contribution is 0.141. The number of ether oxygens (including phenoxy) is 4. The molecule has 0 heterocycles. The first-order chi connectivity index (χ1) is 8.29. The van der Waals surface area contributed by atoms with Crippen LogP contribution >= 0.6 is 0 Å². The molecule has 0 N–H and O–H groups in total. The van der Waals surface area contributed by atoms with Crippen LogP contribution in [0, 0.1) is 6.92 Å². The van der Waals surface area contributed by atoms with Gasteiger partial charge in [0.25, 0.3) is 0 Å². The molecule has 0 bridgehead atoms. The Kier molecular flexibility index (Phi) is 6.43. The molecule has 0 aromatic heterocycles. The first-order valence-corrected chi connectivity index (χ1v) is 5.62. The lowest BCUT2D eigenvalue weighted by Gasteiger charge is -2.13. The highest BCUT2D eigenvalue weighted by Crippen LogP contribution is 2.27. The van der Waals surface area contributed by atoms with Crippen molar-refractivity contribution in [3.05, 3.63) is 23.8 Å². The minimum atomic E-state index is 0.541. The van der Waals surface area contributed by atoms with E-state index in [1.165, 1.54) is 0 Å². The third kappa shape index (κ3) is 4.63. The van der Waals surface area contributed by atoms with E-state index in [2.05, 4.69) is 0 Å². The van der Waals surface area contributed by atoms with E-state index in [0.29, 0.717) is 26.4 Å². The number of methoxy groups -OCH3 is 2. The van der Waals surface area contributed by atoms with Crippen LogP contribution in [0.3, 0.4) is 0 Å². The van der Waals surface area contributed by atoms with E-state index in [4.69, 9.17) is 18.9 Å². The summed E-state index contributed by atoms with van der Waals surface area (Å²) in [7, 11) is 3.31. The van der Waals surface area contributed by atoms with Crippen LogP contribution in [-0.4, -0.2) is 40.6 Å². The Hall–Kier alpha value is -1.26. The third-order valence-electron chi connectivity index (χ3n) is 2.32. The fourth-order valence-electron chi connectivity index (χ4n) is 1.38. The van der Waals surface area contributed by atoms with Crippen molar-refractivity contribution >= 4 is 0 Å². The quantitative estimate of drug-likeness (QED) is 0.652. The Morgan fingerprint density at radius 2 is 1.29 bits per heavy atom. The van der Waals surface area contributed by atoms with Gasteiger partial charge >= 0.3 is 0 Å². The van der Waals surface area contributed by atoms with Gasteiger partial charge in [0.05, 0.1) is 13.2 Å². The van der Waals surface area contributed by atoms with Gasteiger partial charge in [0, 0.05) is 19.8 Å². The monoisotopic (exact) mass is 240 g/mol. The predicted molar refractivity (Wildman–Crippen MR) is 65.9 cm³/mol. The SMILES string of the molecule is COCCOc1cccc(OCCOC)c1C. The standard InChI is InChI=1S/C13H20O4/c1-11-12(16-9-7-14-2)5-4-6-13(11)17-10-8-15-3/h4-6H,7-10H2,1-3H3. The zero-order valence-corrected chi connectivity index (χ0v) is 10.7. The van der Waals surface area contributed by atoms with Crippen LogP contribution in [0.2, 0.25) is 0 Å². The Balaban J connectivity index is 2.56. The molecule has 0 unspecified atom stereocenters. The van der Waals surface area contributed by atoms with Crippen molar-refractivity contribution in [1.29, 1.82) is 0 Å². The van der Waals surface area contributed by atoms with Gasteiger partial charge in [0.2, 0.25) is 0 Å². The number of hydrogen-bond donors (Lipinski definition) is 0. The summed E-state index contributed by atoms with van der Waals surface area (Å²) in [6.45, 7) is 4.21. The van der Waals surface area contributed by atoms with Crippen LogP contribution in [0.1, 0.15) is 5.56 Å². The Morgan fingerprint density at radius 1 is 0.824 bits per heavy atom. The molecule has 0 atom stereocenters. The summed E-state index contributed by atoms with van der Waals surface area (Å²) in [5, 5.41) is 0. The molecular weight excluding hydrogens is 220 g/mol. The third-order valence-corrected chi connectivity index (χ3v) is 2.32. The van der Waals surface area contributed by atoms with E-state index in [-0.39, 0.29) is 0 Å². The van der Waals surface area contributed by atoms with Gasteiger partial charge in [-0.2, -0.15) is 0 Å². The predicted octanol–water partition coefficient (Wildman–Crippen LogP) is 2.05. The van der Waals surface area contributed by atoms with Crippen molar-refractivity contribution in [2.45, 2.75) is 6.92 Å². The summed E-state index contributed by atoms with van der Waals surface area (Å²) < 4.78 is 21.1. The normalized spacial score (nSPS) is 10.3. The molecular formula is C13H20O4. The molecule has 96 valence electrons. The molecule has 0 saturated heterocycles. The van der Waals surface area contributed by atoms with Gasteiger partial charge in [-0.3, -0.25) is 0 Å². The molecule has 0 aliphatic heterocycles. The van der Waals surface area contributed by atoms with Crippen LogP contribution < -0.4 is 9.47 Å². The zero-order valence-electron chi connectivity index (χ0n) is 10.7. The maximum atomic E-state index is 5.59. The summed E-state index contributed by atoms with van der Waals surface area (Å²) in [5.41, 5.74) is 1.000. The second-order valence-electron chi connectivity index (χ2n) is 3.56. The van der Waals surface area contributed by atoms with Crippen LogP contribution in [0.5, 0.6) is 11.5 Å². The van der Waals surface area contributed by atoms with E-state index < -0.39 is 0 Å². The number of hydrogen-bond acceptors (Lipinski definition) is 4. The molecule has 1 rings (SSSR count). The van der Waals surface area contributed by atoms with Gasteiger partial charge in [0.1, 0.15) is 24.7 Å². The maximum Gasteiger partial charge on any atom is 0.126 e. The molecule has 0 saturated carbocycles. The van der Waals surface area contributed by atoms with Gasteiger partial charge in [-0.05, 0) is 19.1 Å². The van der Waals surface area contributed by atoms with Gasteiger partial charge < -0.3 is 18.9 Å². The minimum Gasteiger partial charge on any atom is -0.491 e. The van der Waals surface area contributed by atoms with Crippen molar-refractivity contribution in [3.8, 4) is 11.5 Å². The Morgan fingerprint density at radius 3 is 1.71 bits per heavy atom. The van der Waals surface area contributed by atoms with Crippen molar-refractivity contribution < 1.29 is 18.9 Å². The van der Waals surface area contributed by atoms with Crippen molar-refractivity contribution in [3.63, 3.8) is 0 Å². The van der Waals surface area contributed by atoms with Crippen LogP contribution in [-0.2, 0) is 9.47 Å². The van der Waals surface area contributed by atoms with Crippen LogP contribution in [0.15, 0.2) is 18.2 Å². The highest BCUT2D eigenvalue weighted by molar-refractivity contribution is 5.43. The summed E-state index contributed by atoms with van der Waals surface area (Å²) >= 11 is 0. The van der Waals surface area contributed by atoms with Crippen molar-refractivity contribution in [2.75, 3.05) is 40.6 Å². The fraction of sp³-hybridized carbons (Fsp3) is 0.538. The molecule has 17 heavy (non-hydrogen) atoms. The van der Waals surface area contributed by atoms with Crippen molar-refractivity contribution in [1.82, 2.24) is 0 Å². The van der Waals surface area contributed by atoms with E-state index in [9.17, 15) is 0 Å². The Labute approximate surface area is 102 Å². The average Bonchev–Trinajstić information content (AvgIpc) is 2.34. The summed E-state index contributed by atoms with van der Waals surface area (Å²) in [6, 6.07) is 5.76. The lowest BCUT2D eigenvalue weighted by atomic mass is 10.2. The second kappa shape index (κ2) is 7.92. The molecule has 1 aromatic rings. The smallest absolute Gasteiger partial charge is 0.126 e.